The van der Waals surface area contributed by atoms with Gasteiger partial charge in [0.05, 0.1) is 0 Å². The number of halogens is 1. The van der Waals surface area contributed by atoms with Crippen LogP contribution in [0.4, 0.5) is 0 Å². The minimum atomic E-state index is -0.302. The van der Waals surface area contributed by atoms with E-state index in [1.54, 1.807) is 0 Å². The first-order valence-electron chi connectivity index (χ1n) is 4.98. The highest BCUT2D eigenvalue weighted by molar-refractivity contribution is 6.63. The van der Waals surface area contributed by atoms with Crippen LogP contribution >= 0.6 is 11.6 Å². The first-order chi connectivity index (χ1) is 6.33. The van der Waals surface area contributed by atoms with Crippen LogP contribution in [0.5, 0.6) is 0 Å². The highest BCUT2D eigenvalue weighted by Gasteiger charge is 2.51. The van der Waals surface area contributed by atoms with Crippen molar-refractivity contribution in [1.82, 2.24) is 0 Å². The Morgan fingerprint density at radius 3 is 2.43 bits per heavy atom. The molecule has 3 heteroatoms. The van der Waals surface area contributed by atoms with Gasteiger partial charge in [-0.1, -0.05) is 20.8 Å². The summed E-state index contributed by atoms with van der Waals surface area (Å²) in [6, 6.07) is 0. The van der Waals surface area contributed by atoms with Gasteiger partial charge in [-0.05, 0) is 35.8 Å². The molecule has 0 amide bonds. The van der Waals surface area contributed by atoms with Crippen LogP contribution in [0.25, 0.3) is 0 Å². The van der Waals surface area contributed by atoms with Crippen molar-refractivity contribution in [2.24, 2.45) is 16.7 Å². The molecule has 2 nitrogen and oxygen atoms in total. The Labute approximate surface area is 90.0 Å². The predicted octanol–water partition coefficient (Wildman–Crippen LogP) is 2.78. The van der Waals surface area contributed by atoms with Gasteiger partial charge in [0, 0.05) is 11.8 Å². The lowest BCUT2D eigenvalue weighted by molar-refractivity contribution is -0.122. The molecular weight excluding hydrogens is 200 g/mol. The molecule has 0 aliphatic heterocycles. The molecule has 0 heterocycles. The molecule has 1 saturated carbocycles. The number of carbonyl (C=O) groups excluding carboxylic acids is 2. The van der Waals surface area contributed by atoms with Crippen molar-refractivity contribution < 1.29 is 9.59 Å². The largest absolute Gasteiger partial charge is 0.303 e. The predicted molar refractivity (Wildman–Crippen MR) is 56.2 cm³/mol. The van der Waals surface area contributed by atoms with E-state index in [9.17, 15) is 9.59 Å². The Bertz CT molecular complexity index is 260. The smallest absolute Gasteiger partial charge is 0.221 e. The second kappa shape index (κ2) is 3.65. The zero-order chi connectivity index (χ0) is 11.0. The van der Waals surface area contributed by atoms with Crippen LogP contribution in [-0.2, 0) is 9.59 Å². The molecule has 0 aromatic heterocycles. The van der Waals surface area contributed by atoms with Gasteiger partial charge in [0.15, 0.2) is 0 Å². The molecule has 0 saturated heterocycles. The number of hydrogen-bond donors (Lipinski definition) is 0. The molecule has 0 spiro atoms. The molecule has 1 fully saturated rings. The minimum absolute atomic E-state index is 0.126. The fraction of sp³-hybridized carbons (Fsp3) is 0.818. The molecule has 2 atom stereocenters. The van der Waals surface area contributed by atoms with Crippen molar-refractivity contribution in [3.63, 3.8) is 0 Å². The summed E-state index contributed by atoms with van der Waals surface area (Å²) in [5.41, 5.74) is -0.427. The summed E-state index contributed by atoms with van der Waals surface area (Å²) in [4.78, 5) is 21.9. The molecule has 0 radical (unpaired) electrons. The molecular formula is C11H17ClO2. The SMILES string of the molecule is CC1(C=O)CCC(CC(=O)Cl)C1(C)C. The van der Waals surface area contributed by atoms with Crippen LogP contribution in [0.15, 0.2) is 0 Å². The maximum atomic E-state index is 11.1. The zero-order valence-electron chi connectivity index (χ0n) is 8.97. The molecule has 1 aliphatic carbocycles. The average molecular weight is 217 g/mol. The third-order valence-corrected chi connectivity index (χ3v) is 4.33. The zero-order valence-corrected chi connectivity index (χ0v) is 9.73. The number of aldehydes is 1. The van der Waals surface area contributed by atoms with E-state index < -0.39 is 0 Å². The third-order valence-electron chi connectivity index (χ3n) is 4.17. The van der Waals surface area contributed by atoms with Crippen molar-refractivity contribution in [3.8, 4) is 0 Å². The van der Waals surface area contributed by atoms with Crippen LogP contribution in [0.3, 0.4) is 0 Å². The Kier molecular flexibility index (Phi) is 3.05. The molecule has 1 aliphatic rings. The van der Waals surface area contributed by atoms with Gasteiger partial charge >= 0.3 is 0 Å². The van der Waals surface area contributed by atoms with Crippen LogP contribution in [0, 0.1) is 16.7 Å². The molecule has 0 aromatic carbocycles. The Morgan fingerprint density at radius 2 is 2.07 bits per heavy atom. The average Bonchev–Trinajstić information content (AvgIpc) is 2.29. The highest BCUT2D eigenvalue weighted by atomic mass is 35.5. The third kappa shape index (κ3) is 1.72. The molecule has 14 heavy (non-hydrogen) atoms. The lowest BCUT2D eigenvalue weighted by Crippen LogP contribution is -2.35. The monoisotopic (exact) mass is 216 g/mol. The summed E-state index contributed by atoms with van der Waals surface area (Å²) in [7, 11) is 0. The van der Waals surface area contributed by atoms with Gasteiger partial charge in [-0.15, -0.1) is 0 Å². The quantitative estimate of drug-likeness (QED) is 0.537. The molecule has 0 aromatic rings. The first kappa shape index (κ1) is 11.7. The summed E-state index contributed by atoms with van der Waals surface area (Å²) >= 11 is 5.39. The summed E-state index contributed by atoms with van der Waals surface area (Å²) in [5, 5.41) is -0.293. The molecule has 2 unspecified atom stereocenters. The second-order valence-electron chi connectivity index (χ2n) is 5.05. The lowest BCUT2D eigenvalue weighted by atomic mass is 9.66. The number of carbonyl (C=O) groups is 2. The Hall–Kier alpha value is -0.370. The van der Waals surface area contributed by atoms with E-state index in [0.717, 1.165) is 19.1 Å². The van der Waals surface area contributed by atoms with Crippen molar-refractivity contribution in [2.75, 3.05) is 0 Å². The van der Waals surface area contributed by atoms with Crippen LogP contribution < -0.4 is 0 Å². The van der Waals surface area contributed by atoms with E-state index in [-0.39, 0.29) is 22.0 Å². The fourth-order valence-corrected chi connectivity index (χ4v) is 2.57. The van der Waals surface area contributed by atoms with E-state index in [1.165, 1.54) is 0 Å². The van der Waals surface area contributed by atoms with Crippen LogP contribution in [0.1, 0.15) is 40.0 Å². The van der Waals surface area contributed by atoms with E-state index in [2.05, 4.69) is 13.8 Å². The van der Waals surface area contributed by atoms with E-state index in [0.29, 0.717) is 6.42 Å². The first-order valence-corrected chi connectivity index (χ1v) is 5.36. The van der Waals surface area contributed by atoms with Gasteiger partial charge in [-0.3, -0.25) is 4.79 Å². The Morgan fingerprint density at radius 1 is 1.50 bits per heavy atom. The fourth-order valence-electron chi connectivity index (χ4n) is 2.39. The summed E-state index contributed by atoms with van der Waals surface area (Å²) in [6.07, 6.45) is 3.20. The standard InChI is InChI=1S/C11H17ClO2/c1-10(2)8(6-9(12)14)4-5-11(10,3)7-13/h7-8H,4-6H2,1-3H3. The summed E-state index contributed by atoms with van der Waals surface area (Å²) < 4.78 is 0. The van der Waals surface area contributed by atoms with E-state index >= 15 is 0 Å². The lowest BCUT2D eigenvalue weighted by Gasteiger charge is -2.37. The van der Waals surface area contributed by atoms with Gasteiger partial charge in [0.25, 0.3) is 0 Å². The molecule has 0 N–H and O–H groups in total. The molecule has 0 bridgehead atoms. The Balaban J connectivity index is 2.86. The van der Waals surface area contributed by atoms with Gasteiger partial charge in [-0.2, -0.15) is 0 Å². The van der Waals surface area contributed by atoms with Crippen LogP contribution in [-0.4, -0.2) is 11.5 Å². The van der Waals surface area contributed by atoms with E-state index in [4.69, 9.17) is 11.6 Å². The maximum absolute atomic E-state index is 11.1. The van der Waals surface area contributed by atoms with Crippen molar-refractivity contribution in [2.45, 2.75) is 40.0 Å². The summed E-state index contributed by atoms with van der Waals surface area (Å²) in [6.45, 7) is 6.08. The topological polar surface area (TPSA) is 34.1 Å². The normalized spacial score (nSPS) is 35.6. The van der Waals surface area contributed by atoms with Gasteiger partial charge < -0.3 is 4.79 Å². The van der Waals surface area contributed by atoms with Gasteiger partial charge in [0.2, 0.25) is 5.24 Å². The van der Waals surface area contributed by atoms with E-state index in [1.807, 2.05) is 6.92 Å². The van der Waals surface area contributed by atoms with Gasteiger partial charge in [0.1, 0.15) is 6.29 Å². The number of hydrogen-bond acceptors (Lipinski definition) is 2. The van der Waals surface area contributed by atoms with Crippen molar-refractivity contribution in [3.05, 3.63) is 0 Å². The molecule has 1 rings (SSSR count). The number of rotatable bonds is 3. The summed E-state index contributed by atoms with van der Waals surface area (Å²) in [5.74, 6) is 0.239. The minimum Gasteiger partial charge on any atom is -0.303 e. The van der Waals surface area contributed by atoms with Crippen molar-refractivity contribution in [1.29, 1.82) is 0 Å². The van der Waals surface area contributed by atoms with Crippen molar-refractivity contribution >= 4 is 23.1 Å². The molecule has 80 valence electrons. The van der Waals surface area contributed by atoms with Crippen LogP contribution in [0.2, 0.25) is 0 Å². The second-order valence-corrected chi connectivity index (χ2v) is 5.47. The highest BCUT2D eigenvalue weighted by Crippen LogP contribution is 2.55. The maximum Gasteiger partial charge on any atom is 0.221 e. The van der Waals surface area contributed by atoms with Gasteiger partial charge in [-0.25, -0.2) is 0 Å².